The van der Waals surface area contributed by atoms with Gasteiger partial charge in [-0.1, -0.05) is 18.9 Å². The minimum atomic E-state index is -0.607. The molecule has 24 heavy (non-hydrogen) atoms. The van der Waals surface area contributed by atoms with Gasteiger partial charge in [0.15, 0.2) is 0 Å². The molecule has 1 fully saturated rings. The van der Waals surface area contributed by atoms with Crippen LogP contribution in [0.25, 0.3) is 0 Å². The Morgan fingerprint density at radius 2 is 2.00 bits per heavy atom. The van der Waals surface area contributed by atoms with Crippen LogP contribution in [0.4, 0.5) is 8.78 Å². The van der Waals surface area contributed by atoms with Crippen molar-refractivity contribution >= 4 is 5.91 Å². The molecule has 1 saturated carbocycles. The van der Waals surface area contributed by atoms with Gasteiger partial charge in [-0.05, 0) is 46.0 Å². The molecule has 0 aromatic heterocycles. The smallest absolute Gasteiger partial charge is 0.225 e. The van der Waals surface area contributed by atoms with E-state index in [2.05, 4.69) is 5.32 Å². The molecule has 6 heteroatoms. The second kappa shape index (κ2) is 7.57. The standard InChI is InChI=1S/C18H27F2N3O/c1-18(21)10-5-4-7-12(18)17(24)22-11-15(23(2)3)16-13(19)8-6-9-14(16)20/h6,8-9,12,15H,4-5,7,10-11,21H2,1-3H3,(H,22,24). The summed E-state index contributed by atoms with van der Waals surface area (Å²) in [5.41, 5.74) is 5.70. The number of nitrogens with zero attached hydrogens (tertiary/aromatic N) is 1. The quantitative estimate of drug-likeness (QED) is 0.867. The summed E-state index contributed by atoms with van der Waals surface area (Å²) in [7, 11) is 3.47. The Hall–Kier alpha value is -1.53. The number of amides is 1. The molecule has 3 N–H and O–H groups in total. The van der Waals surface area contributed by atoms with Crippen LogP contribution < -0.4 is 11.1 Å². The highest BCUT2D eigenvalue weighted by Gasteiger charge is 2.38. The first-order valence-electron chi connectivity index (χ1n) is 8.41. The minimum absolute atomic E-state index is 0.0260. The topological polar surface area (TPSA) is 58.4 Å². The monoisotopic (exact) mass is 339 g/mol. The second-order valence-electron chi connectivity index (χ2n) is 7.16. The van der Waals surface area contributed by atoms with E-state index in [4.69, 9.17) is 5.73 Å². The van der Waals surface area contributed by atoms with Gasteiger partial charge in [0.1, 0.15) is 11.6 Å². The zero-order chi connectivity index (χ0) is 17.9. The molecule has 0 radical (unpaired) electrons. The minimum Gasteiger partial charge on any atom is -0.354 e. The lowest BCUT2D eigenvalue weighted by atomic mass is 9.74. The summed E-state index contributed by atoms with van der Waals surface area (Å²) in [6.45, 7) is 2.03. The van der Waals surface area contributed by atoms with Crippen LogP contribution in [0, 0.1) is 17.6 Å². The zero-order valence-corrected chi connectivity index (χ0v) is 14.6. The summed E-state index contributed by atoms with van der Waals surface area (Å²) in [5.74, 6) is -1.61. The van der Waals surface area contributed by atoms with Gasteiger partial charge in [0.25, 0.3) is 0 Å². The Kier molecular flexibility index (Phi) is 5.93. The van der Waals surface area contributed by atoms with Gasteiger partial charge < -0.3 is 16.0 Å². The van der Waals surface area contributed by atoms with Gasteiger partial charge in [-0.25, -0.2) is 8.78 Å². The van der Waals surface area contributed by atoms with E-state index >= 15 is 0 Å². The van der Waals surface area contributed by atoms with E-state index in [9.17, 15) is 13.6 Å². The number of halogens is 2. The molecule has 3 unspecified atom stereocenters. The lowest BCUT2D eigenvalue weighted by Gasteiger charge is -2.37. The third-order valence-corrected chi connectivity index (χ3v) is 5.00. The Bertz CT molecular complexity index is 569. The highest BCUT2D eigenvalue weighted by Crippen LogP contribution is 2.32. The molecule has 1 aromatic carbocycles. The van der Waals surface area contributed by atoms with E-state index in [1.807, 2.05) is 6.92 Å². The molecule has 0 spiro atoms. The van der Waals surface area contributed by atoms with E-state index in [1.165, 1.54) is 18.2 Å². The van der Waals surface area contributed by atoms with E-state index in [1.54, 1.807) is 19.0 Å². The van der Waals surface area contributed by atoms with Gasteiger partial charge in [0.2, 0.25) is 5.91 Å². The predicted octanol–water partition coefficient (Wildman–Crippen LogP) is 2.59. The van der Waals surface area contributed by atoms with Gasteiger partial charge in [0.05, 0.1) is 12.0 Å². The van der Waals surface area contributed by atoms with E-state index in [-0.39, 0.29) is 23.9 Å². The van der Waals surface area contributed by atoms with Gasteiger partial charge in [-0.15, -0.1) is 0 Å². The average molecular weight is 339 g/mol. The molecule has 1 aliphatic rings. The number of benzene rings is 1. The molecular weight excluding hydrogens is 312 g/mol. The van der Waals surface area contributed by atoms with Crippen LogP contribution in [0.5, 0.6) is 0 Å². The fraction of sp³-hybridized carbons (Fsp3) is 0.611. The largest absolute Gasteiger partial charge is 0.354 e. The summed E-state index contributed by atoms with van der Waals surface area (Å²) in [6, 6.07) is 3.22. The molecular formula is C18H27F2N3O. The van der Waals surface area contributed by atoms with Crippen molar-refractivity contribution in [3.05, 3.63) is 35.4 Å². The van der Waals surface area contributed by atoms with Crippen molar-refractivity contribution < 1.29 is 13.6 Å². The van der Waals surface area contributed by atoms with Crippen LogP contribution in [0.2, 0.25) is 0 Å². The van der Waals surface area contributed by atoms with Crippen molar-refractivity contribution in [1.82, 2.24) is 10.2 Å². The summed E-state index contributed by atoms with van der Waals surface area (Å²) in [6.07, 6.45) is 3.56. The SMILES string of the molecule is CN(C)C(CNC(=O)C1CCCCC1(C)N)c1c(F)cccc1F. The first kappa shape index (κ1) is 18.8. The maximum Gasteiger partial charge on any atom is 0.225 e. The van der Waals surface area contributed by atoms with Crippen molar-refractivity contribution in [2.24, 2.45) is 11.7 Å². The van der Waals surface area contributed by atoms with Crippen molar-refractivity contribution in [2.45, 2.75) is 44.2 Å². The number of hydrogen-bond donors (Lipinski definition) is 2. The molecule has 4 nitrogen and oxygen atoms in total. The fourth-order valence-corrected chi connectivity index (χ4v) is 3.48. The molecule has 3 atom stereocenters. The Morgan fingerprint density at radius 1 is 1.38 bits per heavy atom. The van der Waals surface area contributed by atoms with Crippen molar-refractivity contribution in [3.8, 4) is 0 Å². The molecule has 1 aliphatic carbocycles. The van der Waals surface area contributed by atoms with Crippen LogP contribution in [0.1, 0.15) is 44.2 Å². The number of likely N-dealkylation sites (N-methyl/N-ethyl adjacent to an activating group) is 1. The lowest BCUT2D eigenvalue weighted by Crippen LogP contribution is -2.53. The molecule has 134 valence electrons. The predicted molar refractivity (Wildman–Crippen MR) is 90.3 cm³/mol. The number of carbonyl (C=O) groups is 1. The Labute approximate surface area is 142 Å². The van der Waals surface area contributed by atoms with E-state index in [0.29, 0.717) is 0 Å². The van der Waals surface area contributed by atoms with Crippen LogP contribution in [-0.2, 0) is 4.79 Å². The molecule has 0 saturated heterocycles. The number of hydrogen-bond acceptors (Lipinski definition) is 3. The molecule has 0 aliphatic heterocycles. The molecule has 1 aromatic rings. The van der Waals surface area contributed by atoms with E-state index < -0.39 is 23.2 Å². The normalized spacial score (nSPS) is 25.5. The van der Waals surface area contributed by atoms with Gasteiger partial charge in [-0.2, -0.15) is 0 Å². The Balaban J connectivity index is 2.11. The first-order chi connectivity index (χ1) is 11.2. The third kappa shape index (κ3) is 4.11. The Morgan fingerprint density at radius 3 is 2.54 bits per heavy atom. The van der Waals surface area contributed by atoms with Crippen LogP contribution in [-0.4, -0.2) is 37.0 Å². The number of nitrogens with one attached hydrogen (secondary N) is 1. The number of rotatable bonds is 5. The number of nitrogens with two attached hydrogens (primary N) is 1. The van der Waals surface area contributed by atoms with Crippen molar-refractivity contribution in [3.63, 3.8) is 0 Å². The van der Waals surface area contributed by atoms with Crippen LogP contribution >= 0.6 is 0 Å². The molecule has 2 rings (SSSR count). The van der Waals surface area contributed by atoms with Crippen LogP contribution in [0.3, 0.4) is 0 Å². The lowest BCUT2D eigenvalue weighted by molar-refractivity contribution is -0.128. The highest BCUT2D eigenvalue weighted by atomic mass is 19.1. The van der Waals surface area contributed by atoms with Crippen LogP contribution in [0.15, 0.2) is 18.2 Å². The summed E-state index contributed by atoms with van der Waals surface area (Å²) in [4.78, 5) is 14.2. The van der Waals surface area contributed by atoms with Gasteiger partial charge in [0, 0.05) is 17.6 Å². The summed E-state index contributed by atoms with van der Waals surface area (Å²) >= 11 is 0. The molecule has 1 amide bonds. The fourth-order valence-electron chi connectivity index (χ4n) is 3.48. The average Bonchev–Trinajstić information content (AvgIpc) is 2.49. The maximum absolute atomic E-state index is 14.1. The summed E-state index contributed by atoms with van der Waals surface area (Å²) in [5, 5.41) is 2.85. The zero-order valence-electron chi connectivity index (χ0n) is 14.6. The first-order valence-corrected chi connectivity index (χ1v) is 8.41. The molecule has 0 bridgehead atoms. The van der Waals surface area contributed by atoms with Gasteiger partial charge >= 0.3 is 0 Å². The van der Waals surface area contributed by atoms with E-state index in [0.717, 1.165) is 25.7 Å². The second-order valence-corrected chi connectivity index (χ2v) is 7.16. The summed E-state index contributed by atoms with van der Waals surface area (Å²) < 4.78 is 28.1. The maximum atomic E-state index is 14.1. The van der Waals surface area contributed by atoms with Gasteiger partial charge in [-0.3, -0.25) is 4.79 Å². The number of carbonyl (C=O) groups excluding carboxylic acids is 1. The van der Waals surface area contributed by atoms with Crippen molar-refractivity contribution in [2.75, 3.05) is 20.6 Å². The van der Waals surface area contributed by atoms with Crippen molar-refractivity contribution in [1.29, 1.82) is 0 Å². The third-order valence-electron chi connectivity index (χ3n) is 5.00. The highest BCUT2D eigenvalue weighted by molar-refractivity contribution is 5.80. The molecule has 0 heterocycles.